The van der Waals surface area contributed by atoms with Crippen molar-refractivity contribution in [2.75, 3.05) is 6.61 Å². The van der Waals surface area contributed by atoms with Crippen LogP contribution in [0.15, 0.2) is 36.5 Å². The number of carbonyl (C=O) groups excluding carboxylic acids is 2. The molecule has 1 aromatic heterocycles. The van der Waals surface area contributed by atoms with Gasteiger partial charge in [0.25, 0.3) is 0 Å². The molecule has 0 unspecified atom stereocenters. The van der Waals surface area contributed by atoms with Gasteiger partial charge in [-0.1, -0.05) is 56.3 Å². The normalized spacial score (nSPS) is 11.2. The Morgan fingerprint density at radius 3 is 2.50 bits per heavy atom. The lowest BCUT2D eigenvalue weighted by atomic mass is 9.91. The van der Waals surface area contributed by atoms with Crippen molar-refractivity contribution in [1.29, 1.82) is 0 Å². The van der Waals surface area contributed by atoms with Crippen molar-refractivity contribution in [3.05, 3.63) is 47.8 Å². The van der Waals surface area contributed by atoms with Crippen LogP contribution in [0.25, 0.3) is 0 Å². The lowest BCUT2D eigenvalue weighted by Crippen LogP contribution is -2.26. The second kappa shape index (κ2) is 6.51. The van der Waals surface area contributed by atoms with Crippen molar-refractivity contribution < 1.29 is 14.3 Å². The molecule has 1 heterocycles. The van der Waals surface area contributed by atoms with Crippen molar-refractivity contribution in [2.45, 2.75) is 27.3 Å². The van der Waals surface area contributed by atoms with Gasteiger partial charge in [-0.25, -0.2) is 9.48 Å². The van der Waals surface area contributed by atoms with Gasteiger partial charge < -0.3 is 4.74 Å². The van der Waals surface area contributed by atoms with Crippen LogP contribution in [0.2, 0.25) is 0 Å². The van der Waals surface area contributed by atoms with Gasteiger partial charge in [-0.3, -0.25) is 4.79 Å². The predicted molar refractivity (Wildman–Crippen MR) is 80.3 cm³/mol. The maximum atomic E-state index is 11.9. The highest BCUT2D eigenvalue weighted by molar-refractivity contribution is 5.91. The zero-order valence-electron chi connectivity index (χ0n) is 12.9. The van der Waals surface area contributed by atoms with Crippen LogP contribution in [0.3, 0.4) is 0 Å². The number of ether oxygens (including phenoxy) is 1. The summed E-state index contributed by atoms with van der Waals surface area (Å²) in [4.78, 5) is 23.6. The Morgan fingerprint density at radius 2 is 1.86 bits per heavy atom. The Morgan fingerprint density at radius 1 is 1.18 bits per heavy atom. The summed E-state index contributed by atoms with van der Waals surface area (Å²) in [7, 11) is 0. The summed E-state index contributed by atoms with van der Waals surface area (Å²) >= 11 is 0. The largest absolute Gasteiger partial charge is 0.453 e. The first-order chi connectivity index (χ1) is 10.4. The molecule has 0 saturated heterocycles. The number of hydrogen-bond acceptors (Lipinski definition) is 5. The van der Waals surface area contributed by atoms with E-state index < -0.39 is 11.4 Å². The number of Topliss-reactive ketones (excluding diaryl/α,β-unsaturated/α-hetero) is 1. The van der Waals surface area contributed by atoms with Gasteiger partial charge in [-0.05, 0) is 5.56 Å². The maximum Gasteiger partial charge on any atom is 0.360 e. The predicted octanol–water partition coefficient (Wildman–Crippen LogP) is 2.10. The molecular formula is C16H19N3O3. The zero-order valence-corrected chi connectivity index (χ0v) is 12.9. The minimum Gasteiger partial charge on any atom is -0.453 e. The first-order valence-corrected chi connectivity index (χ1v) is 7.01. The molecule has 116 valence electrons. The second-order valence-electron chi connectivity index (χ2n) is 6.04. The van der Waals surface area contributed by atoms with Crippen molar-refractivity contribution in [3.8, 4) is 0 Å². The van der Waals surface area contributed by atoms with E-state index in [9.17, 15) is 9.59 Å². The van der Waals surface area contributed by atoms with Gasteiger partial charge in [-0.15, -0.1) is 5.10 Å². The lowest BCUT2D eigenvalue weighted by Gasteiger charge is -2.15. The van der Waals surface area contributed by atoms with Crippen molar-refractivity contribution in [1.82, 2.24) is 15.0 Å². The van der Waals surface area contributed by atoms with Crippen LogP contribution in [0.5, 0.6) is 0 Å². The van der Waals surface area contributed by atoms with E-state index in [4.69, 9.17) is 4.74 Å². The molecule has 22 heavy (non-hydrogen) atoms. The number of ketones is 1. The Labute approximate surface area is 129 Å². The number of esters is 1. The van der Waals surface area contributed by atoms with Crippen LogP contribution < -0.4 is 0 Å². The average Bonchev–Trinajstić information content (AvgIpc) is 2.93. The van der Waals surface area contributed by atoms with E-state index in [1.807, 2.05) is 30.3 Å². The van der Waals surface area contributed by atoms with Gasteiger partial charge in [0.2, 0.25) is 0 Å². The fourth-order valence-corrected chi connectivity index (χ4v) is 1.66. The molecule has 0 saturated carbocycles. The average molecular weight is 301 g/mol. The lowest BCUT2D eigenvalue weighted by molar-refractivity contribution is -0.129. The Bertz CT molecular complexity index is 657. The van der Waals surface area contributed by atoms with Crippen LogP contribution in [-0.4, -0.2) is 33.4 Å². The smallest absolute Gasteiger partial charge is 0.360 e. The molecule has 0 N–H and O–H groups in total. The molecule has 6 heteroatoms. The van der Waals surface area contributed by atoms with Gasteiger partial charge in [-0.2, -0.15) is 0 Å². The highest BCUT2D eigenvalue weighted by atomic mass is 16.5. The number of carbonyl (C=O) groups is 2. The summed E-state index contributed by atoms with van der Waals surface area (Å²) < 4.78 is 6.53. The minimum atomic E-state index is -0.642. The molecule has 0 amide bonds. The Hall–Kier alpha value is -2.50. The standard InChI is InChI=1S/C16H19N3O3/c1-16(2,3)14(20)11-22-15(21)13-10-19(18-17-13)9-12-7-5-4-6-8-12/h4-8,10H,9,11H2,1-3H3. The minimum absolute atomic E-state index is 0.0950. The van der Waals surface area contributed by atoms with E-state index >= 15 is 0 Å². The first-order valence-electron chi connectivity index (χ1n) is 7.01. The van der Waals surface area contributed by atoms with E-state index in [1.54, 1.807) is 25.5 Å². The maximum absolute atomic E-state index is 11.9. The van der Waals surface area contributed by atoms with Crippen LogP contribution in [0, 0.1) is 5.41 Å². The van der Waals surface area contributed by atoms with E-state index in [2.05, 4.69) is 10.3 Å². The zero-order chi connectivity index (χ0) is 16.2. The molecule has 0 atom stereocenters. The highest BCUT2D eigenvalue weighted by Crippen LogP contribution is 2.14. The van der Waals surface area contributed by atoms with Gasteiger partial charge in [0.05, 0.1) is 12.7 Å². The van der Waals surface area contributed by atoms with E-state index in [1.165, 1.54) is 6.20 Å². The molecule has 2 aromatic rings. The molecule has 2 rings (SSSR count). The molecule has 0 spiro atoms. The van der Waals surface area contributed by atoms with E-state index in [0.717, 1.165) is 5.56 Å². The molecule has 0 radical (unpaired) electrons. The van der Waals surface area contributed by atoms with Crippen LogP contribution in [0.4, 0.5) is 0 Å². The number of aromatic nitrogens is 3. The quantitative estimate of drug-likeness (QED) is 0.791. The highest BCUT2D eigenvalue weighted by Gasteiger charge is 2.23. The monoisotopic (exact) mass is 301 g/mol. The molecule has 6 nitrogen and oxygen atoms in total. The molecule has 0 aliphatic rings. The second-order valence-corrected chi connectivity index (χ2v) is 6.04. The van der Waals surface area contributed by atoms with Gasteiger partial charge in [0, 0.05) is 5.41 Å². The van der Waals surface area contributed by atoms with Crippen LogP contribution in [-0.2, 0) is 16.1 Å². The SMILES string of the molecule is CC(C)(C)C(=O)COC(=O)c1cn(Cc2ccccc2)nn1. The third-order valence-corrected chi connectivity index (χ3v) is 3.11. The molecular weight excluding hydrogens is 282 g/mol. The van der Waals surface area contributed by atoms with E-state index in [-0.39, 0.29) is 18.1 Å². The number of hydrogen-bond donors (Lipinski definition) is 0. The van der Waals surface area contributed by atoms with E-state index in [0.29, 0.717) is 6.54 Å². The topological polar surface area (TPSA) is 74.1 Å². The summed E-state index contributed by atoms with van der Waals surface area (Å²) in [5.74, 6) is -0.783. The van der Waals surface area contributed by atoms with Crippen molar-refractivity contribution in [3.63, 3.8) is 0 Å². The van der Waals surface area contributed by atoms with Crippen LogP contribution in [0.1, 0.15) is 36.8 Å². The third-order valence-electron chi connectivity index (χ3n) is 3.11. The molecule has 1 aromatic carbocycles. The summed E-state index contributed by atoms with van der Waals surface area (Å²) in [6.07, 6.45) is 1.51. The Kier molecular flexibility index (Phi) is 4.70. The van der Waals surface area contributed by atoms with Gasteiger partial charge in [0.15, 0.2) is 18.1 Å². The summed E-state index contributed by atoms with van der Waals surface area (Å²) in [5.41, 5.74) is 0.610. The first kappa shape index (κ1) is 15.9. The fraction of sp³-hybridized carbons (Fsp3) is 0.375. The molecule has 0 aliphatic heterocycles. The molecule has 0 bridgehead atoms. The molecule has 0 aliphatic carbocycles. The number of nitrogens with zero attached hydrogens (tertiary/aromatic N) is 3. The number of benzene rings is 1. The van der Waals surface area contributed by atoms with Gasteiger partial charge in [0.1, 0.15) is 0 Å². The Balaban J connectivity index is 1.93. The van der Waals surface area contributed by atoms with Gasteiger partial charge >= 0.3 is 5.97 Å². The molecule has 0 fully saturated rings. The van der Waals surface area contributed by atoms with Crippen molar-refractivity contribution in [2.24, 2.45) is 5.41 Å². The number of rotatable bonds is 5. The fourth-order valence-electron chi connectivity index (χ4n) is 1.66. The summed E-state index contributed by atoms with van der Waals surface area (Å²) in [5, 5.41) is 7.67. The van der Waals surface area contributed by atoms with Crippen LogP contribution >= 0.6 is 0 Å². The third kappa shape index (κ3) is 4.25. The van der Waals surface area contributed by atoms with Crippen molar-refractivity contribution >= 4 is 11.8 Å². The summed E-state index contributed by atoms with van der Waals surface area (Å²) in [6.45, 7) is 5.59. The summed E-state index contributed by atoms with van der Waals surface area (Å²) in [6, 6.07) is 9.71.